The van der Waals surface area contributed by atoms with Gasteiger partial charge < -0.3 is 16.0 Å². The molecule has 1 aromatic rings. The number of hydrogen-bond acceptors (Lipinski definition) is 2. The van der Waals surface area contributed by atoms with Crippen LogP contribution in [0.2, 0.25) is 0 Å². The van der Waals surface area contributed by atoms with Gasteiger partial charge in [0, 0.05) is 12.2 Å². The Morgan fingerprint density at radius 3 is 2.76 bits per heavy atom. The number of aliphatic imine (C=N–C) groups is 1. The first kappa shape index (κ1) is 14.4. The van der Waals surface area contributed by atoms with Crippen molar-refractivity contribution >= 4 is 11.6 Å². The molecule has 4 heteroatoms. The van der Waals surface area contributed by atoms with Gasteiger partial charge in [-0.2, -0.15) is 0 Å². The molecular weight excluding hydrogens is 260 g/mol. The zero-order valence-electron chi connectivity index (χ0n) is 12.8. The topological polar surface area (TPSA) is 53.6 Å². The summed E-state index contributed by atoms with van der Waals surface area (Å²) in [6.07, 6.45) is 7.71. The van der Waals surface area contributed by atoms with E-state index >= 15 is 0 Å². The van der Waals surface area contributed by atoms with E-state index in [0.717, 1.165) is 18.8 Å². The standard InChI is InChI=1S/C17H26N4/c18-17(19-9-12-21-10-2-1-3-11-21)20-16-8-7-14-5-4-6-15(14)13-16/h7-8,13H,1-6,9-12H2,(H3,18,19,20). The Hall–Kier alpha value is -1.55. The van der Waals surface area contributed by atoms with E-state index in [2.05, 4.69) is 33.4 Å². The average molecular weight is 286 g/mol. The Bertz CT molecular complexity index is 504. The number of rotatable bonds is 4. The highest BCUT2D eigenvalue weighted by molar-refractivity contribution is 5.92. The third-order valence-corrected chi connectivity index (χ3v) is 4.52. The fourth-order valence-electron chi connectivity index (χ4n) is 3.33. The first-order valence-electron chi connectivity index (χ1n) is 8.22. The Labute approximate surface area is 127 Å². The van der Waals surface area contributed by atoms with E-state index < -0.39 is 0 Å². The molecule has 1 aromatic carbocycles. The molecule has 1 aliphatic heterocycles. The van der Waals surface area contributed by atoms with Crippen molar-refractivity contribution in [2.75, 3.05) is 31.5 Å². The van der Waals surface area contributed by atoms with Gasteiger partial charge in [-0.05, 0) is 68.5 Å². The zero-order chi connectivity index (χ0) is 14.5. The molecule has 0 spiro atoms. The van der Waals surface area contributed by atoms with Gasteiger partial charge in [-0.25, -0.2) is 0 Å². The normalized spacial score (nSPS) is 19.5. The molecule has 4 nitrogen and oxygen atoms in total. The molecule has 0 unspecified atom stereocenters. The van der Waals surface area contributed by atoms with Crippen LogP contribution in [0.4, 0.5) is 5.69 Å². The summed E-state index contributed by atoms with van der Waals surface area (Å²) < 4.78 is 0. The number of nitrogens with two attached hydrogens (primary N) is 1. The van der Waals surface area contributed by atoms with Crippen LogP contribution in [0.15, 0.2) is 23.2 Å². The van der Waals surface area contributed by atoms with Crippen molar-refractivity contribution in [2.45, 2.75) is 38.5 Å². The van der Waals surface area contributed by atoms with Crippen LogP contribution in [0.25, 0.3) is 0 Å². The van der Waals surface area contributed by atoms with Crippen LogP contribution >= 0.6 is 0 Å². The molecule has 0 amide bonds. The fourth-order valence-corrected chi connectivity index (χ4v) is 3.33. The van der Waals surface area contributed by atoms with E-state index in [-0.39, 0.29) is 0 Å². The largest absolute Gasteiger partial charge is 0.370 e. The van der Waals surface area contributed by atoms with E-state index in [1.807, 2.05) is 0 Å². The van der Waals surface area contributed by atoms with E-state index in [4.69, 9.17) is 5.73 Å². The van der Waals surface area contributed by atoms with Gasteiger partial charge in [-0.15, -0.1) is 0 Å². The Balaban J connectivity index is 1.48. The first-order chi connectivity index (χ1) is 10.3. The van der Waals surface area contributed by atoms with Crippen molar-refractivity contribution in [3.8, 4) is 0 Å². The van der Waals surface area contributed by atoms with Crippen LogP contribution in [0.1, 0.15) is 36.8 Å². The number of piperidine rings is 1. The first-order valence-corrected chi connectivity index (χ1v) is 8.22. The number of nitrogens with zero attached hydrogens (tertiary/aromatic N) is 2. The van der Waals surface area contributed by atoms with Crippen LogP contribution in [0.5, 0.6) is 0 Å². The third-order valence-electron chi connectivity index (χ3n) is 4.52. The highest BCUT2D eigenvalue weighted by Crippen LogP contribution is 2.24. The van der Waals surface area contributed by atoms with Crippen LogP contribution in [-0.4, -0.2) is 37.0 Å². The van der Waals surface area contributed by atoms with Crippen molar-refractivity contribution < 1.29 is 0 Å². The number of fused-ring (bicyclic) bond motifs is 1. The molecule has 1 aliphatic carbocycles. The predicted octanol–water partition coefficient (Wildman–Crippen LogP) is 2.39. The molecule has 21 heavy (non-hydrogen) atoms. The smallest absolute Gasteiger partial charge is 0.193 e. The Morgan fingerprint density at radius 1 is 1.10 bits per heavy atom. The Morgan fingerprint density at radius 2 is 1.90 bits per heavy atom. The Kier molecular flexibility index (Phi) is 4.76. The summed E-state index contributed by atoms with van der Waals surface area (Å²) in [4.78, 5) is 6.93. The maximum Gasteiger partial charge on any atom is 0.193 e. The highest BCUT2D eigenvalue weighted by atomic mass is 15.2. The molecule has 0 bridgehead atoms. The molecule has 0 aromatic heterocycles. The summed E-state index contributed by atoms with van der Waals surface area (Å²) in [6, 6.07) is 6.54. The van der Waals surface area contributed by atoms with Gasteiger partial charge in [0.1, 0.15) is 0 Å². The summed E-state index contributed by atoms with van der Waals surface area (Å²) >= 11 is 0. The number of benzene rings is 1. The summed E-state index contributed by atoms with van der Waals surface area (Å²) in [5, 5.41) is 3.22. The van der Waals surface area contributed by atoms with E-state index in [0.29, 0.717) is 5.96 Å². The second kappa shape index (κ2) is 6.94. The molecule has 0 radical (unpaired) electrons. The molecule has 1 heterocycles. The van der Waals surface area contributed by atoms with Crippen LogP contribution in [0, 0.1) is 0 Å². The molecule has 3 rings (SSSR count). The third kappa shape index (κ3) is 3.97. The summed E-state index contributed by atoms with van der Waals surface area (Å²) in [5.74, 6) is 0.532. The van der Waals surface area contributed by atoms with Gasteiger partial charge in [0.2, 0.25) is 0 Å². The van der Waals surface area contributed by atoms with Gasteiger partial charge >= 0.3 is 0 Å². The molecule has 114 valence electrons. The summed E-state index contributed by atoms with van der Waals surface area (Å²) in [5.41, 5.74) is 10.00. The lowest BCUT2D eigenvalue weighted by Crippen LogP contribution is -2.32. The maximum atomic E-state index is 5.99. The highest BCUT2D eigenvalue weighted by Gasteiger charge is 2.11. The van der Waals surface area contributed by atoms with Crippen molar-refractivity contribution in [3.05, 3.63) is 29.3 Å². The molecule has 0 saturated carbocycles. The van der Waals surface area contributed by atoms with Gasteiger partial charge in [0.25, 0.3) is 0 Å². The van der Waals surface area contributed by atoms with Crippen molar-refractivity contribution in [1.29, 1.82) is 0 Å². The second-order valence-corrected chi connectivity index (χ2v) is 6.13. The van der Waals surface area contributed by atoms with Gasteiger partial charge in [-0.1, -0.05) is 12.5 Å². The van der Waals surface area contributed by atoms with Crippen LogP contribution < -0.4 is 11.1 Å². The predicted molar refractivity (Wildman–Crippen MR) is 88.9 cm³/mol. The number of aryl methyl sites for hydroxylation is 2. The zero-order valence-corrected chi connectivity index (χ0v) is 12.8. The molecule has 3 N–H and O–H groups in total. The lowest BCUT2D eigenvalue weighted by Gasteiger charge is -2.25. The maximum absolute atomic E-state index is 5.99. The van der Waals surface area contributed by atoms with Crippen molar-refractivity contribution in [1.82, 2.24) is 4.90 Å². The van der Waals surface area contributed by atoms with E-state index in [1.165, 1.54) is 62.7 Å². The average Bonchev–Trinajstić information content (AvgIpc) is 2.96. The molecule has 2 aliphatic rings. The minimum absolute atomic E-state index is 0.532. The number of hydrogen-bond donors (Lipinski definition) is 2. The quantitative estimate of drug-likeness (QED) is 0.660. The lowest BCUT2D eigenvalue weighted by atomic mass is 10.1. The molecule has 1 saturated heterocycles. The van der Waals surface area contributed by atoms with Crippen LogP contribution in [0.3, 0.4) is 0 Å². The van der Waals surface area contributed by atoms with Crippen molar-refractivity contribution in [3.63, 3.8) is 0 Å². The molecule has 1 fully saturated rings. The summed E-state index contributed by atoms with van der Waals surface area (Å²) in [7, 11) is 0. The van der Waals surface area contributed by atoms with Gasteiger partial charge in [0.15, 0.2) is 5.96 Å². The number of anilines is 1. The van der Waals surface area contributed by atoms with E-state index in [9.17, 15) is 0 Å². The molecular formula is C17H26N4. The lowest BCUT2D eigenvalue weighted by molar-refractivity contribution is 0.235. The summed E-state index contributed by atoms with van der Waals surface area (Å²) in [6.45, 7) is 4.23. The van der Waals surface area contributed by atoms with E-state index in [1.54, 1.807) is 0 Å². The van der Waals surface area contributed by atoms with Gasteiger partial charge in [-0.3, -0.25) is 4.99 Å². The monoisotopic (exact) mass is 286 g/mol. The number of nitrogens with one attached hydrogen (secondary N) is 1. The van der Waals surface area contributed by atoms with Crippen molar-refractivity contribution in [2.24, 2.45) is 10.7 Å². The molecule has 0 atom stereocenters. The minimum Gasteiger partial charge on any atom is -0.370 e. The fraction of sp³-hybridized carbons (Fsp3) is 0.588. The number of likely N-dealkylation sites (tertiary alicyclic amines) is 1. The SMILES string of the molecule is NC(=NCCN1CCCCC1)Nc1ccc2c(c1)CCC2. The van der Waals surface area contributed by atoms with Crippen LogP contribution in [-0.2, 0) is 12.8 Å². The minimum atomic E-state index is 0.532. The second-order valence-electron chi connectivity index (χ2n) is 6.13. The van der Waals surface area contributed by atoms with Gasteiger partial charge in [0.05, 0.1) is 6.54 Å². The number of guanidine groups is 1.